The Morgan fingerprint density at radius 1 is 1.33 bits per heavy atom. The zero-order valence-electron chi connectivity index (χ0n) is 14.0. The highest BCUT2D eigenvalue weighted by molar-refractivity contribution is 5.83. The summed E-state index contributed by atoms with van der Waals surface area (Å²) < 4.78 is 11.3. The summed E-state index contributed by atoms with van der Waals surface area (Å²) in [4.78, 5) is 10.2. The van der Waals surface area contributed by atoms with Crippen LogP contribution >= 0.6 is 0 Å². The Bertz CT molecular complexity index is 823. The SMILES string of the molecule is CC(C)N1CCO[C@@H](c2noc(Cc3c[nH]c4ccccc34)n2)C1. The number of nitrogens with one attached hydrogen (secondary N) is 1. The van der Waals surface area contributed by atoms with Gasteiger partial charge in [0.05, 0.1) is 13.0 Å². The minimum atomic E-state index is -0.110. The van der Waals surface area contributed by atoms with Crippen LogP contribution in [-0.4, -0.2) is 45.8 Å². The van der Waals surface area contributed by atoms with Gasteiger partial charge in [-0.25, -0.2) is 0 Å². The first-order valence-corrected chi connectivity index (χ1v) is 8.44. The van der Waals surface area contributed by atoms with Crippen molar-refractivity contribution in [2.75, 3.05) is 19.7 Å². The van der Waals surface area contributed by atoms with Crippen molar-refractivity contribution in [2.45, 2.75) is 32.4 Å². The molecule has 6 heteroatoms. The van der Waals surface area contributed by atoms with Gasteiger partial charge in [0.1, 0.15) is 6.10 Å². The lowest BCUT2D eigenvalue weighted by molar-refractivity contribution is -0.0450. The molecule has 3 aromatic rings. The van der Waals surface area contributed by atoms with Crippen molar-refractivity contribution in [3.63, 3.8) is 0 Å². The summed E-state index contributed by atoms with van der Waals surface area (Å²) in [7, 11) is 0. The van der Waals surface area contributed by atoms with Crippen LogP contribution < -0.4 is 0 Å². The molecule has 2 aromatic heterocycles. The van der Waals surface area contributed by atoms with Crippen LogP contribution in [0.3, 0.4) is 0 Å². The van der Waals surface area contributed by atoms with Gasteiger partial charge < -0.3 is 14.2 Å². The molecular formula is C18H22N4O2. The van der Waals surface area contributed by atoms with Crippen molar-refractivity contribution in [3.8, 4) is 0 Å². The second kappa shape index (κ2) is 6.37. The van der Waals surface area contributed by atoms with Gasteiger partial charge in [-0.15, -0.1) is 0 Å². The van der Waals surface area contributed by atoms with Crippen molar-refractivity contribution in [2.24, 2.45) is 0 Å². The fourth-order valence-corrected chi connectivity index (χ4v) is 3.21. The lowest BCUT2D eigenvalue weighted by Gasteiger charge is -2.34. The minimum Gasteiger partial charge on any atom is -0.367 e. The highest BCUT2D eigenvalue weighted by atomic mass is 16.5. The van der Waals surface area contributed by atoms with E-state index in [-0.39, 0.29) is 6.10 Å². The molecule has 0 bridgehead atoms. The van der Waals surface area contributed by atoms with Crippen molar-refractivity contribution >= 4 is 10.9 Å². The molecule has 24 heavy (non-hydrogen) atoms. The number of hydrogen-bond acceptors (Lipinski definition) is 5. The van der Waals surface area contributed by atoms with Gasteiger partial charge in [0.15, 0.2) is 0 Å². The van der Waals surface area contributed by atoms with Crippen molar-refractivity contribution < 1.29 is 9.26 Å². The molecular weight excluding hydrogens is 304 g/mol. The summed E-state index contributed by atoms with van der Waals surface area (Å²) in [5.41, 5.74) is 2.28. The Balaban J connectivity index is 1.50. The monoisotopic (exact) mass is 326 g/mol. The number of aromatic amines is 1. The molecule has 0 aliphatic carbocycles. The number of nitrogens with zero attached hydrogens (tertiary/aromatic N) is 3. The molecule has 0 saturated carbocycles. The van der Waals surface area contributed by atoms with Crippen molar-refractivity contribution in [1.82, 2.24) is 20.0 Å². The van der Waals surface area contributed by atoms with E-state index in [1.165, 1.54) is 5.39 Å². The highest BCUT2D eigenvalue weighted by Crippen LogP contribution is 2.23. The first-order chi connectivity index (χ1) is 11.7. The topological polar surface area (TPSA) is 67.2 Å². The first kappa shape index (κ1) is 15.4. The van der Waals surface area contributed by atoms with E-state index < -0.39 is 0 Å². The maximum atomic E-state index is 5.83. The maximum Gasteiger partial charge on any atom is 0.231 e. The van der Waals surface area contributed by atoms with Gasteiger partial charge in [0.2, 0.25) is 11.7 Å². The molecule has 1 saturated heterocycles. The van der Waals surface area contributed by atoms with E-state index in [0.29, 0.717) is 30.8 Å². The van der Waals surface area contributed by atoms with Gasteiger partial charge in [-0.1, -0.05) is 23.4 Å². The number of ether oxygens (including phenoxy) is 1. The molecule has 1 atom stereocenters. The number of rotatable bonds is 4. The molecule has 3 heterocycles. The maximum absolute atomic E-state index is 5.83. The molecule has 126 valence electrons. The second-order valence-electron chi connectivity index (χ2n) is 6.53. The molecule has 0 amide bonds. The fourth-order valence-electron chi connectivity index (χ4n) is 3.21. The molecule has 0 radical (unpaired) electrons. The van der Waals surface area contributed by atoms with Crippen LogP contribution in [0.4, 0.5) is 0 Å². The average Bonchev–Trinajstić information content (AvgIpc) is 3.23. The van der Waals surface area contributed by atoms with E-state index in [0.717, 1.165) is 24.2 Å². The number of fused-ring (bicyclic) bond motifs is 1. The summed E-state index contributed by atoms with van der Waals surface area (Å²) >= 11 is 0. The van der Waals surface area contributed by atoms with Gasteiger partial charge in [0.25, 0.3) is 0 Å². The molecule has 1 fully saturated rings. The van der Waals surface area contributed by atoms with Crippen LogP contribution in [0.25, 0.3) is 10.9 Å². The predicted molar refractivity (Wildman–Crippen MR) is 90.8 cm³/mol. The van der Waals surface area contributed by atoms with E-state index in [4.69, 9.17) is 9.26 Å². The van der Waals surface area contributed by atoms with Crippen LogP contribution in [-0.2, 0) is 11.2 Å². The summed E-state index contributed by atoms with van der Waals surface area (Å²) in [6, 6.07) is 8.72. The first-order valence-electron chi connectivity index (χ1n) is 8.44. The van der Waals surface area contributed by atoms with Crippen LogP contribution in [0.5, 0.6) is 0 Å². The van der Waals surface area contributed by atoms with Crippen LogP contribution in [0.15, 0.2) is 35.0 Å². The number of H-pyrrole nitrogens is 1. The smallest absolute Gasteiger partial charge is 0.231 e. The van der Waals surface area contributed by atoms with E-state index in [1.807, 2.05) is 18.3 Å². The van der Waals surface area contributed by atoms with Crippen LogP contribution in [0.2, 0.25) is 0 Å². The van der Waals surface area contributed by atoms with Gasteiger partial charge in [-0.3, -0.25) is 4.90 Å². The molecule has 4 rings (SSSR count). The third-order valence-electron chi connectivity index (χ3n) is 4.62. The molecule has 1 aliphatic rings. The summed E-state index contributed by atoms with van der Waals surface area (Å²) in [6.45, 7) is 6.86. The lowest BCUT2D eigenvalue weighted by Crippen LogP contribution is -2.42. The standard InChI is InChI=1S/C18H22N4O2/c1-12(2)22-7-8-23-16(11-22)18-20-17(24-21-18)9-13-10-19-15-6-4-3-5-14(13)15/h3-6,10,12,16,19H,7-9,11H2,1-2H3/t16-/m1/s1. The van der Waals surface area contributed by atoms with Crippen molar-refractivity contribution in [3.05, 3.63) is 47.7 Å². The third-order valence-corrected chi connectivity index (χ3v) is 4.62. The van der Waals surface area contributed by atoms with Gasteiger partial charge in [-0.2, -0.15) is 4.98 Å². The Kier molecular flexibility index (Phi) is 4.08. The van der Waals surface area contributed by atoms with Crippen molar-refractivity contribution in [1.29, 1.82) is 0 Å². The molecule has 6 nitrogen and oxygen atoms in total. The normalized spacial score (nSPS) is 19.4. The molecule has 1 aliphatic heterocycles. The largest absolute Gasteiger partial charge is 0.367 e. The van der Waals surface area contributed by atoms with Gasteiger partial charge in [-0.05, 0) is 25.5 Å². The number of benzene rings is 1. The summed E-state index contributed by atoms with van der Waals surface area (Å²) in [5, 5.41) is 5.34. The molecule has 0 spiro atoms. The molecule has 1 N–H and O–H groups in total. The number of para-hydroxylation sites is 1. The summed E-state index contributed by atoms with van der Waals surface area (Å²) in [5.74, 6) is 1.27. The van der Waals surface area contributed by atoms with E-state index in [1.54, 1.807) is 0 Å². The zero-order chi connectivity index (χ0) is 16.5. The van der Waals surface area contributed by atoms with E-state index >= 15 is 0 Å². The Labute approximate surface area is 140 Å². The third kappa shape index (κ3) is 2.95. The molecule has 0 unspecified atom stereocenters. The Hall–Kier alpha value is -2.18. The quantitative estimate of drug-likeness (QED) is 0.798. The number of hydrogen-bond donors (Lipinski definition) is 1. The van der Waals surface area contributed by atoms with Gasteiger partial charge in [0, 0.05) is 36.2 Å². The van der Waals surface area contributed by atoms with Gasteiger partial charge >= 0.3 is 0 Å². The lowest BCUT2D eigenvalue weighted by atomic mass is 10.1. The second-order valence-corrected chi connectivity index (χ2v) is 6.53. The predicted octanol–water partition coefficient (Wildman–Crippen LogP) is 2.92. The summed E-state index contributed by atoms with van der Waals surface area (Å²) in [6.07, 6.45) is 2.52. The Morgan fingerprint density at radius 2 is 2.21 bits per heavy atom. The van der Waals surface area contributed by atoms with E-state index in [9.17, 15) is 0 Å². The number of morpholine rings is 1. The van der Waals surface area contributed by atoms with E-state index in [2.05, 4.69) is 46.0 Å². The average molecular weight is 326 g/mol. The highest BCUT2D eigenvalue weighted by Gasteiger charge is 2.27. The fraction of sp³-hybridized carbons (Fsp3) is 0.444. The zero-order valence-corrected chi connectivity index (χ0v) is 14.0. The van der Waals surface area contributed by atoms with Crippen LogP contribution in [0.1, 0.15) is 37.2 Å². The molecule has 1 aromatic carbocycles. The number of aromatic nitrogens is 3. The minimum absolute atomic E-state index is 0.110. The van der Waals surface area contributed by atoms with Crippen LogP contribution in [0, 0.1) is 0 Å². The Morgan fingerprint density at radius 3 is 3.08 bits per heavy atom.